The van der Waals surface area contributed by atoms with Crippen molar-refractivity contribution in [1.29, 1.82) is 0 Å². The number of aliphatic carboxylic acids is 1. The molecule has 116 valence electrons. The molecular weight excluding hydrogens is 289 g/mol. The van der Waals surface area contributed by atoms with E-state index in [4.69, 9.17) is 5.11 Å². The van der Waals surface area contributed by atoms with Gasteiger partial charge in [0.15, 0.2) is 5.69 Å². The van der Waals surface area contributed by atoms with Crippen LogP contribution in [0.1, 0.15) is 42.2 Å². The first-order chi connectivity index (χ1) is 9.77. The third-order valence-corrected chi connectivity index (χ3v) is 2.77. The number of rotatable bonds is 6. The van der Waals surface area contributed by atoms with Gasteiger partial charge in [-0.15, -0.1) is 0 Å². The molecule has 0 aliphatic carbocycles. The van der Waals surface area contributed by atoms with Crippen molar-refractivity contribution >= 4 is 11.9 Å². The fourth-order valence-corrected chi connectivity index (χ4v) is 1.72. The molecule has 21 heavy (non-hydrogen) atoms. The molecule has 1 heterocycles. The van der Waals surface area contributed by atoms with Crippen LogP contribution in [-0.4, -0.2) is 28.0 Å². The lowest BCUT2D eigenvalue weighted by Gasteiger charge is -2.16. The largest absolute Gasteiger partial charge is 0.480 e. The molecule has 0 unspecified atom stereocenters. The molecule has 0 fully saturated rings. The standard InChI is InChI=1S/C13H15F3N2O3/c1-2-3-6-9(12(20)21)18-11(19)8-5-4-7-17-10(8)13(14,15)16/h4-5,7,9H,2-3,6H2,1H3,(H,18,19)(H,20,21)/t9-/m0/s1. The van der Waals surface area contributed by atoms with Gasteiger partial charge in [-0.05, 0) is 18.6 Å². The number of carboxylic acid groups (broad SMARTS) is 1. The molecule has 1 aromatic rings. The van der Waals surface area contributed by atoms with Crippen molar-refractivity contribution in [3.63, 3.8) is 0 Å². The summed E-state index contributed by atoms with van der Waals surface area (Å²) in [5.74, 6) is -2.38. The average Bonchev–Trinajstić information content (AvgIpc) is 2.42. The minimum Gasteiger partial charge on any atom is -0.480 e. The maximum absolute atomic E-state index is 12.7. The number of pyridine rings is 1. The predicted octanol–water partition coefficient (Wildman–Crippen LogP) is 2.47. The Kier molecular flexibility index (Phi) is 5.69. The molecule has 1 rings (SSSR count). The van der Waals surface area contributed by atoms with Crippen LogP contribution in [-0.2, 0) is 11.0 Å². The van der Waals surface area contributed by atoms with Gasteiger partial charge in [-0.2, -0.15) is 13.2 Å². The number of halogens is 3. The monoisotopic (exact) mass is 304 g/mol. The first-order valence-electron chi connectivity index (χ1n) is 6.33. The molecule has 0 aliphatic heterocycles. The highest BCUT2D eigenvalue weighted by atomic mass is 19.4. The molecule has 0 aliphatic rings. The summed E-state index contributed by atoms with van der Waals surface area (Å²) in [6.45, 7) is 1.84. The van der Waals surface area contributed by atoms with Crippen molar-refractivity contribution in [1.82, 2.24) is 10.3 Å². The molecule has 1 amide bonds. The fourth-order valence-electron chi connectivity index (χ4n) is 1.72. The Morgan fingerprint density at radius 2 is 2.10 bits per heavy atom. The van der Waals surface area contributed by atoms with Gasteiger partial charge in [-0.25, -0.2) is 4.79 Å². The number of aromatic nitrogens is 1. The van der Waals surface area contributed by atoms with Crippen LogP contribution in [0.2, 0.25) is 0 Å². The predicted molar refractivity (Wildman–Crippen MR) is 67.7 cm³/mol. The minimum absolute atomic E-state index is 0.152. The van der Waals surface area contributed by atoms with Crippen LogP contribution in [0.3, 0.4) is 0 Å². The normalized spacial score (nSPS) is 12.8. The number of hydrogen-bond donors (Lipinski definition) is 2. The number of nitrogens with zero attached hydrogens (tertiary/aromatic N) is 1. The van der Waals surface area contributed by atoms with Crippen molar-refractivity contribution in [2.45, 2.75) is 38.4 Å². The van der Waals surface area contributed by atoms with E-state index in [1.54, 1.807) is 0 Å². The Bertz CT molecular complexity index is 518. The Morgan fingerprint density at radius 3 is 2.62 bits per heavy atom. The lowest BCUT2D eigenvalue weighted by molar-refractivity contribution is -0.141. The number of unbranched alkanes of at least 4 members (excludes halogenated alkanes) is 1. The number of carbonyl (C=O) groups excluding carboxylic acids is 1. The van der Waals surface area contributed by atoms with E-state index >= 15 is 0 Å². The highest BCUT2D eigenvalue weighted by molar-refractivity contribution is 5.97. The summed E-state index contributed by atoms with van der Waals surface area (Å²) in [7, 11) is 0. The molecule has 0 saturated heterocycles. The Balaban J connectivity index is 2.96. The Morgan fingerprint density at radius 1 is 1.43 bits per heavy atom. The SMILES string of the molecule is CCCC[C@H](NC(=O)c1cccnc1C(F)(F)F)C(=O)O. The zero-order valence-corrected chi connectivity index (χ0v) is 11.3. The molecule has 0 aromatic carbocycles. The number of alkyl halides is 3. The van der Waals surface area contributed by atoms with E-state index < -0.39 is 35.4 Å². The van der Waals surface area contributed by atoms with E-state index in [0.29, 0.717) is 12.8 Å². The molecule has 5 nitrogen and oxygen atoms in total. The van der Waals surface area contributed by atoms with Gasteiger partial charge >= 0.3 is 12.1 Å². The summed E-state index contributed by atoms with van der Waals surface area (Å²) in [5, 5.41) is 11.1. The summed E-state index contributed by atoms with van der Waals surface area (Å²) < 4.78 is 38.2. The molecule has 1 atom stereocenters. The highest BCUT2D eigenvalue weighted by Crippen LogP contribution is 2.30. The third kappa shape index (κ3) is 4.73. The average molecular weight is 304 g/mol. The van der Waals surface area contributed by atoms with Gasteiger partial charge in [0.1, 0.15) is 6.04 Å². The zero-order valence-electron chi connectivity index (χ0n) is 11.3. The molecule has 0 spiro atoms. The van der Waals surface area contributed by atoms with E-state index in [-0.39, 0.29) is 6.42 Å². The van der Waals surface area contributed by atoms with Crippen LogP contribution in [0, 0.1) is 0 Å². The zero-order chi connectivity index (χ0) is 16.0. The Labute approximate surface area is 119 Å². The smallest absolute Gasteiger partial charge is 0.434 e. The van der Waals surface area contributed by atoms with Crippen molar-refractivity contribution in [2.75, 3.05) is 0 Å². The van der Waals surface area contributed by atoms with Crippen LogP contribution in [0.5, 0.6) is 0 Å². The third-order valence-electron chi connectivity index (χ3n) is 2.77. The van der Waals surface area contributed by atoms with Crippen molar-refractivity contribution in [3.05, 3.63) is 29.6 Å². The van der Waals surface area contributed by atoms with Gasteiger partial charge in [-0.1, -0.05) is 19.8 Å². The maximum Gasteiger partial charge on any atom is 0.434 e. The van der Waals surface area contributed by atoms with Crippen LogP contribution in [0.15, 0.2) is 18.3 Å². The molecule has 1 aromatic heterocycles. The molecule has 0 saturated carbocycles. The first kappa shape index (κ1) is 16.9. The summed E-state index contributed by atoms with van der Waals surface area (Å²) in [6, 6.07) is 0.925. The van der Waals surface area contributed by atoms with Crippen LogP contribution in [0.4, 0.5) is 13.2 Å². The Hall–Kier alpha value is -2.12. The van der Waals surface area contributed by atoms with Gasteiger partial charge in [0.2, 0.25) is 0 Å². The maximum atomic E-state index is 12.7. The lowest BCUT2D eigenvalue weighted by atomic mass is 10.1. The van der Waals surface area contributed by atoms with Crippen molar-refractivity contribution in [3.8, 4) is 0 Å². The summed E-state index contributed by atoms with van der Waals surface area (Å²) in [6.07, 6.45) is -2.46. The molecule has 0 radical (unpaired) electrons. The lowest BCUT2D eigenvalue weighted by Crippen LogP contribution is -2.41. The van der Waals surface area contributed by atoms with E-state index in [2.05, 4.69) is 10.3 Å². The van der Waals surface area contributed by atoms with E-state index in [1.807, 2.05) is 6.92 Å². The molecule has 2 N–H and O–H groups in total. The fraction of sp³-hybridized carbons (Fsp3) is 0.462. The van der Waals surface area contributed by atoms with E-state index in [0.717, 1.165) is 12.3 Å². The highest BCUT2D eigenvalue weighted by Gasteiger charge is 2.37. The second-order valence-corrected chi connectivity index (χ2v) is 4.40. The van der Waals surface area contributed by atoms with Gasteiger partial charge < -0.3 is 10.4 Å². The second kappa shape index (κ2) is 7.05. The van der Waals surface area contributed by atoms with Crippen molar-refractivity contribution in [2.24, 2.45) is 0 Å². The summed E-state index contributed by atoms with van der Waals surface area (Å²) in [5.41, 5.74) is -2.02. The van der Waals surface area contributed by atoms with Crippen molar-refractivity contribution < 1.29 is 27.9 Å². The minimum atomic E-state index is -4.78. The van der Waals surface area contributed by atoms with Gasteiger partial charge in [-0.3, -0.25) is 9.78 Å². The van der Waals surface area contributed by atoms with Crippen LogP contribution in [0.25, 0.3) is 0 Å². The quantitative estimate of drug-likeness (QED) is 0.846. The number of amides is 1. The second-order valence-electron chi connectivity index (χ2n) is 4.40. The van der Waals surface area contributed by atoms with Crippen LogP contribution >= 0.6 is 0 Å². The number of carbonyl (C=O) groups is 2. The first-order valence-corrected chi connectivity index (χ1v) is 6.33. The van der Waals surface area contributed by atoms with E-state index in [9.17, 15) is 22.8 Å². The topological polar surface area (TPSA) is 79.3 Å². The molecular formula is C13H15F3N2O3. The van der Waals surface area contributed by atoms with Gasteiger partial charge in [0, 0.05) is 6.20 Å². The van der Waals surface area contributed by atoms with Crippen LogP contribution < -0.4 is 5.32 Å². The van der Waals surface area contributed by atoms with Gasteiger partial charge in [0.05, 0.1) is 5.56 Å². The molecule has 8 heteroatoms. The van der Waals surface area contributed by atoms with E-state index in [1.165, 1.54) is 6.07 Å². The summed E-state index contributed by atoms with van der Waals surface area (Å²) >= 11 is 0. The summed E-state index contributed by atoms with van der Waals surface area (Å²) in [4.78, 5) is 26.0. The molecule has 0 bridgehead atoms. The number of carboxylic acids is 1. The number of hydrogen-bond acceptors (Lipinski definition) is 3. The number of nitrogens with one attached hydrogen (secondary N) is 1. The van der Waals surface area contributed by atoms with Gasteiger partial charge in [0.25, 0.3) is 5.91 Å².